The molecule has 2 aromatic heterocycles. The minimum atomic E-state index is 0. The average Bonchev–Trinajstić information content (AvgIpc) is 3.22. The van der Waals surface area contributed by atoms with Crippen molar-refractivity contribution >= 4 is 47.9 Å². The minimum absolute atomic E-state index is 0. The first-order valence-corrected chi connectivity index (χ1v) is 9.70. The van der Waals surface area contributed by atoms with Crippen molar-refractivity contribution in [2.75, 3.05) is 18.4 Å². The van der Waals surface area contributed by atoms with E-state index in [1.807, 2.05) is 10.6 Å². The molecule has 3 heterocycles. The zero-order chi connectivity index (χ0) is 17.6. The molecule has 0 unspecified atom stereocenters. The van der Waals surface area contributed by atoms with Crippen molar-refractivity contribution in [3.8, 4) is 0 Å². The van der Waals surface area contributed by atoms with Crippen LogP contribution in [0.4, 0.5) is 5.82 Å². The fourth-order valence-corrected chi connectivity index (χ4v) is 4.68. The van der Waals surface area contributed by atoms with Gasteiger partial charge in [0.2, 0.25) is 0 Å². The van der Waals surface area contributed by atoms with E-state index in [0.717, 1.165) is 50.4 Å². The predicted octanol–water partition coefficient (Wildman–Crippen LogP) is 4.41. The van der Waals surface area contributed by atoms with Crippen LogP contribution >= 0.6 is 36.4 Å². The van der Waals surface area contributed by atoms with Gasteiger partial charge in [0.05, 0.1) is 11.9 Å². The molecule has 2 N–H and O–H groups in total. The van der Waals surface area contributed by atoms with E-state index in [1.165, 1.54) is 23.2 Å². The molecule has 1 fully saturated rings. The summed E-state index contributed by atoms with van der Waals surface area (Å²) in [5.41, 5.74) is 4.76. The second-order valence-electron chi connectivity index (χ2n) is 7.38. The van der Waals surface area contributed by atoms with Gasteiger partial charge in [-0.05, 0) is 44.3 Å². The molecule has 1 saturated heterocycles. The number of aromatic nitrogens is 3. The van der Waals surface area contributed by atoms with Gasteiger partial charge in [0.1, 0.15) is 10.8 Å². The normalized spacial score (nSPS) is 17.0. The molecule has 150 valence electrons. The van der Waals surface area contributed by atoms with Crippen LogP contribution in [0.1, 0.15) is 36.1 Å². The molecular formula is C20H24Cl3N5. The number of fused-ring (bicyclic) bond motifs is 3. The zero-order valence-corrected chi connectivity index (χ0v) is 17.8. The van der Waals surface area contributed by atoms with Crippen LogP contribution in [0.2, 0.25) is 5.02 Å². The Hall–Kier alpha value is -1.53. The van der Waals surface area contributed by atoms with Gasteiger partial charge < -0.3 is 10.6 Å². The lowest BCUT2D eigenvalue weighted by Crippen LogP contribution is -2.39. The SMILES string of the molecule is Cl.Cl.Clc1cnn2c(NCc3ccccc3)c3c(nc12)C1(CCNCC1)CC3. The highest BCUT2D eigenvalue weighted by Crippen LogP contribution is 2.46. The van der Waals surface area contributed by atoms with Gasteiger partial charge in [0.15, 0.2) is 5.65 Å². The second-order valence-corrected chi connectivity index (χ2v) is 7.79. The van der Waals surface area contributed by atoms with E-state index in [-0.39, 0.29) is 30.2 Å². The molecule has 5 nitrogen and oxygen atoms in total. The maximum absolute atomic E-state index is 6.40. The maximum atomic E-state index is 6.40. The standard InChI is InChI=1S/C20H22ClN5.2ClH/c21-16-13-24-26-18(23-12-14-4-2-1-3-5-14)15-6-7-20(8-10-22-11-9-20)17(15)25-19(16)26;;/h1-5,13,22-23H,6-12H2;2*1H. The maximum Gasteiger partial charge on any atom is 0.176 e. The summed E-state index contributed by atoms with van der Waals surface area (Å²) in [5.74, 6) is 1.05. The Kier molecular flexibility index (Phi) is 6.40. The minimum Gasteiger partial charge on any atom is -0.366 e. The van der Waals surface area contributed by atoms with E-state index in [0.29, 0.717) is 5.02 Å². The van der Waals surface area contributed by atoms with Gasteiger partial charge >= 0.3 is 0 Å². The molecular weight excluding hydrogens is 417 g/mol. The Balaban J connectivity index is 0.00000112. The highest BCUT2D eigenvalue weighted by molar-refractivity contribution is 6.33. The van der Waals surface area contributed by atoms with Crippen molar-refractivity contribution in [2.45, 2.75) is 37.6 Å². The van der Waals surface area contributed by atoms with Crippen LogP contribution < -0.4 is 10.6 Å². The zero-order valence-electron chi connectivity index (χ0n) is 15.4. The molecule has 3 aromatic rings. The van der Waals surface area contributed by atoms with Crippen LogP contribution in [0.5, 0.6) is 0 Å². The Morgan fingerprint density at radius 1 is 1.11 bits per heavy atom. The number of nitrogens with zero attached hydrogens (tertiary/aromatic N) is 3. The smallest absolute Gasteiger partial charge is 0.176 e. The number of hydrogen-bond acceptors (Lipinski definition) is 4. The van der Waals surface area contributed by atoms with Gasteiger partial charge in [0, 0.05) is 17.5 Å². The summed E-state index contributed by atoms with van der Waals surface area (Å²) in [4.78, 5) is 5.01. The first kappa shape index (κ1) is 21.2. The first-order chi connectivity index (χ1) is 12.8. The van der Waals surface area contributed by atoms with E-state index in [9.17, 15) is 0 Å². The molecule has 8 heteroatoms. The Morgan fingerprint density at radius 3 is 2.61 bits per heavy atom. The van der Waals surface area contributed by atoms with Crippen LogP contribution in [0.15, 0.2) is 36.5 Å². The highest BCUT2D eigenvalue weighted by Gasteiger charge is 2.43. The van der Waals surface area contributed by atoms with Crippen LogP contribution in [0.3, 0.4) is 0 Å². The monoisotopic (exact) mass is 439 g/mol. The second kappa shape index (κ2) is 8.46. The molecule has 28 heavy (non-hydrogen) atoms. The molecule has 1 aromatic carbocycles. The summed E-state index contributed by atoms with van der Waals surface area (Å²) >= 11 is 6.40. The molecule has 1 spiro atoms. The lowest BCUT2D eigenvalue weighted by Gasteiger charge is -2.34. The average molecular weight is 441 g/mol. The van der Waals surface area contributed by atoms with Crippen molar-refractivity contribution in [3.63, 3.8) is 0 Å². The van der Waals surface area contributed by atoms with Crippen LogP contribution in [-0.4, -0.2) is 27.7 Å². The fraction of sp³-hybridized carbons (Fsp3) is 0.400. The topological polar surface area (TPSA) is 54.2 Å². The summed E-state index contributed by atoms with van der Waals surface area (Å²) < 4.78 is 1.88. The summed E-state index contributed by atoms with van der Waals surface area (Å²) in [7, 11) is 0. The molecule has 0 amide bonds. The molecule has 1 aliphatic carbocycles. The van der Waals surface area contributed by atoms with Gasteiger partial charge in [-0.1, -0.05) is 41.9 Å². The lowest BCUT2D eigenvalue weighted by molar-refractivity contribution is 0.301. The highest BCUT2D eigenvalue weighted by atomic mass is 35.5. The van der Waals surface area contributed by atoms with Crippen molar-refractivity contribution in [3.05, 3.63) is 58.4 Å². The molecule has 1 aliphatic heterocycles. The van der Waals surface area contributed by atoms with Crippen molar-refractivity contribution < 1.29 is 0 Å². The quantitative estimate of drug-likeness (QED) is 0.633. The molecule has 0 saturated carbocycles. The Bertz CT molecular complexity index is 951. The number of nitrogens with one attached hydrogen (secondary N) is 2. The van der Waals surface area contributed by atoms with Crippen LogP contribution in [-0.2, 0) is 18.4 Å². The summed E-state index contributed by atoms with van der Waals surface area (Å²) in [5, 5.41) is 12.2. The molecule has 0 radical (unpaired) electrons. The van der Waals surface area contributed by atoms with Gasteiger partial charge in [-0.2, -0.15) is 9.61 Å². The number of piperidine rings is 1. The van der Waals surface area contributed by atoms with E-state index in [4.69, 9.17) is 16.6 Å². The van der Waals surface area contributed by atoms with Gasteiger partial charge in [0.25, 0.3) is 0 Å². The predicted molar refractivity (Wildman–Crippen MR) is 118 cm³/mol. The van der Waals surface area contributed by atoms with E-state index in [2.05, 4.69) is 40.0 Å². The third kappa shape index (κ3) is 3.45. The molecule has 0 atom stereocenters. The Morgan fingerprint density at radius 2 is 1.86 bits per heavy atom. The fourth-order valence-electron chi connectivity index (χ4n) is 4.51. The molecule has 2 aliphatic rings. The third-order valence-corrected chi connectivity index (χ3v) is 6.19. The number of hydrogen-bond donors (Lipinski definition) is 2. The van der Waals surface area contributed by atoms with Crippen LogP contribution in [0, 0.1) is 0 Å². The lowest BCUT2D eigenvalue weighted by atomic mass is 9.77. The number of rotatable bonds is 3. The van der Waals surface area contributed by atoms with Crippen molar-refractivity contribution in [2.24, 2.45) is 0 Å². The largest absolute Gasteiger partial charge is 0.366 e. The molecule has 5 rings (SSSR count). The number of halogens is 3. The Labute approximate surface area is 182 Å². The summed E-state index contributed by atoms with van der Waals surface area (Å²) in [6.45, 7) is 2.89. The van der Waals surface area contributed by atoms with E-state index < -0.39 is 0 Å². The summed E-state index contributed by atoms with van der Waals surface area (Å²) in [6.07, 6.45) is 6.21. The number of benzene rings is 1. The van der Waals surface area contributed by atoms with E-state index in [1.54, 1.807) is 6.20 Å². The van der Waals surface area contributed by atoms with Gasteiger partial charge in [-0.25, -0.2) is 4.98 Å². The van der Waals surface area contributed by atoms with Crippen molar-refractivity contribution in [1.29, 1.82) is 0 Å². The van der Waals surface area contributed by atoms with E-state index >= 15 is 0 Å². The number of anilines is 1. The van der Waals surface area contributed by atoms with Gasteiger partial charge in [-0.3, -0.25) is 0 Å². The van der Waals surface area contributed by atoms with Crippen LogP contribution in [0.25, 0.3) is 5.65 Å². The van der Waals surface area contributed by atoms with Gasteiger partial charge in [-0.15, -0.1) is 24.8 Å². The third-order valence-electron chi connectivity index (χ3n) is 5.92. The summed E-state index contributed by atoms with van der Waals surface area (Å²) in [6, 6.07) is 10.4. The first-order valence-electron chi connectivity index (χ1n) is 9.32. The van der Waals surface area contributed by atoms with Crippen molar-refractivity contribution in [1.82, 2.24) is 19.9 Å². The molecule has 0 bridgehead atoms.